The summed E-state index contributed by atoms with van der Waals surface area (Å²) in [6.07, 6.45) is 3.19. The minimum absolute atomic E-state index is 0.0283. The van der Waals surface area contributed by atoms with Crippen molar-refractivity contribution in [3.8, 4) is 0 Å². The van der Waals surface area contributed by atoms with Crippen LogP contribution in [0.1, 0.15) is 25.7 Å². The summed E-state index contributed by atoms with van der Waals surface area (Å²) < 4.78 is 13.0. The van der Waals surface area contributed by atoms with E-state index in [4.69, 9.17) is 11.1 Å². The second kappa shape index (κ2) is 5.26. The zero-order valence-electron chi connectivity index (χ0n) is 10.5. The van der Waals surface area contributed by atoms with E-state index in [1.54, 1.807) is 6.07 Å². The van der Waals surface area contributed by atoms with Gasteiger partial charge in [0.25, 0.3) is 0 Å². The van der Waals surface area contributed by atoms with Crippen molar-refractivity contribution in [1.82, 2.24) is 5.32 Å². The molecular weight excluding hydrogens is 247 g/mol. The Morgan fingerprint density at radius 2 is 2.05 bits per heavy atom. The van der Waals surface area contributed by atoms with Crippen molar-refractivity contribution in [2.45, 2.75) is 31.2 Å². The molecule has 2 rings (SSSR count). The maximum Gasteiger partial charge on any atom is 0.320 e. The van der Waals surface area contributed by atoms with Crippen LogP contribution < -0.4 is 16.4 Å². The standard InChI is InChI=1S/C13H17FN4O/c14-9-4-3-5-10(8-9)17-12(19)18-13(11(15)16)6-1-2-7-13/h3-5,8H,1-2,6-7H2,(H3,15,16)(H2,17,18,19). The molecule has 0 aliphatic heterocycles. The zero-order valence-corrected chi connectivity index (χ0v) is 10.5. The van der Waals surface area contributed by atoms with E-state index >= 15 is 0 Å². The topological polar surface area (TPSA) is 91.0 Å². The molecule has 0 radical (unpaired) electrons. The lowest BCUT2D eigenvalue weighted by molar-refractivity contribution is 0.244. The first-order valence-corrected chi connectivity index (χ1v) is 6.21. The molecule has 19 heavy (non-hydrogen) atoms. The number of halogens is 1. The number of carbonyl (C=O) groups excluding carboxylic acids is 1. The number of carbonyl (C=O) groups is 1. The molecule has 0 bridgehead atoms. The van der Waals surface area contributed by atoms with Crippen LogP contribution in [0.15, 0.2) is 24.3 Å². The van der Waals surface area contributed by atoms with Crippen molar-refractivity contribution in [3.63, 3.8) is 0 Å². The van der Waals surface area contributed by atoms with Crippen molar-refractivity contribution in [2.24, 2.45) is 5.73 Å². The van der Waals surface area contributed by atoms with Gasteiger partial charge in [-0.3, -0.25) is 5.41 Å². The molecule has 1 aromatic carbocycles. The largest absolute Gasteiger partial charge is 0.386 e. The summed E-state index contributed by atoms with van der Waals surface area (Å²) in [6, 6.07) is 5.17. The van der Waals surface area contributed by atoms with Gasteiger partial charge in [0.15, 0.2) is 0 Å². The lowest BCUT2D eigenvalue weighted by Crippen LogP contribution is -2.56. The van der Waals surface area contributed by atoms with Gasteiger partial charge in [0.05, 0.1) is 5.54 Å². The highest BCUT2D eigenvalue weighted by Gasteiger charge is 2.38. The van der Waals surface area contributed by atoms with Crippen LogP contribution in [-0.2, 0) is 0 Å². The molecule has 0 atom stereocenters. The van der Waals surface area contributed by atoms with Crippen molar-refractivity contribution >= 4 is 17.6 Å². The molecule has 1 aromatic rings. The van der Waals surface area contributed by atoms with Gasteiger partial charge in [-0.1, -0.05) is 18.9 Å². The van der Waals surface area contributed by atoms with E-state index in [1.165, 1.54) is 18.2 Å². The fourth-order valence-corrected chi connectivity index (χ4v) is 2.39. The average Bonchev–Trinajstić information content (AvgIpc) is 2.78. The zero-order chi connectivity index (χ0) is 13.9. The molecule has 0 unspecified atom stereocenters. The lowest BCUT2D eigenvalue weighted by Gasteiger charge is -2.28. The van der Waals surface area contributed by atoms with Gasteiger partial charge in [0.2, 0.25) is 0 Å². The van der Waals surface area contributed by atoms with Crippen molar-refractivity contribution in [1.29, 1.82) is 5.41 Å². The number of nitrogens with two attached hydrogens (primary N) is 1. The van der Waals surface area contributed by atoms with Crippen LogP contribution in [0.5, 0.6) is 0 Å². The van der Waals surface area contributed by atoms with Gasteiger partial charge < -0.3 is 16.4 Å². The SMILES string of the molecule is N=C(N)C1(NC(=O)Nc2cccc(F)c2)CCCC1. The number of amidine groups is 1. The van der Waals surface area contributed by atoms with Crippen LogP contribution in [0, 0.1) is 11.2 Å². The first-order chi connectivity index (χ1) is 9.02. The molecule has 0 aromatic heterocycles. The molecule has 102 valence electrons. The van der Waals surface area contributed by atoms with E-state index in [1.807, 2.05) is 0 Å². The first kappa shape index (κ1) is 13.3. The first-order valence-electron chi connectivity index (χ1n) is 6.21. The van der Waals surface area contributed by atoms with Gasteiger partial charge in [-0.15, -0.1) is 0 Å². The van der Waals surface area contributed by atoms with Crippen molar-refractivity contribution in [3.05, 3.63) is 30.1 Å². The molecule has 0 spiro atoms. The third-order valence-corrected chi connectivity index (χ3v) is 3.41. The highest BCUT2D eigenvalue weighted by Crippen LogP contribution is 2.29. The summed E-state index contributed by atoms with van der Waals surface area (Å²) in [7, 11) is 0. The third-order valence-electron chi connectivity index (χ3n) is 3.41. The van der Waals surface area contributed by atoms with Crippen LogP contribution in [0.4, 0.5) is 14.9 Å². The normalized spacial score (nSPS) is 16.9. The van der Waals surface area contributed by atoms with Gasteiger partial charge >= 0.3 is 6.03 Å². The number of urea groups is 1. The average molecular weight is 264 g/mol. The quantitative estimate of drug-likeness (QED) is 0.498. The molecule has 1 aliphatic carbocycles. The van der Waals surface area contributed by atoms with E-state index in [0.29, 0.717) is 18.5 Å². The van der Waals surface area contributed by atoms with Gasteiger partial charge in [0, 0.05) is 5.69 Å². The van der Waals surface area contributed by atoms with E-state index in [2.05, 4.69) is 10.6 Å². The predicted octanol–water partition coefficient (Wildman–Crippen LogP) is 2.20. The van der Waals surface area contributed by atoms with Crippen molar-refractivity contribution in [2.75, 3.05) is 5.32 Å². The minimum Gasteiger partial charge on any atom is -0.386 e. The summed E-state index contributed by atoms with van der Waals surface area (Å²) in [5.74, 6) is -0.445. The molecule has 0 saturated heterocycles. The summed E-state index contributed by atoms with van der Waals surface area (Å²) in [5.41, 5.74) is 5.20. The molecule has 1 aliphatic rings. The van der Waals surface area contributed by atoms with Crippen LogP contribution in [0.3, 0.4) is 0 Å². The molecule has 0 heterocycles. The van der Waals surface area contributed by atoms with E-state index < -0.39 is 17.4 Å². The van der Waals surface area contributed by atoms with E-state index in [9.17, 15) is 9.18 Å². The Morgan fingerprint density at radius 1 is 1.37 bits per heavy atom. The van der Waals surface area contributed by atoms with Crippen molar-refractivity contribution < 1.29 is 9.18 Å². The summed E-state index contributed by atoms with van der Waals surface area (Å²) in [5, 5.41) is 12.9. The number of amides is 2. The molecular formula is C13H17FN4O. The monoisotopic (exact) mass is 264 g/mol. The van der Waals surface area contributed by atoms with Gasteiger partial charge in [-0.25, -0.2) is 9.18 Å². The Kier molecular flexibility index (Phi) is 3.69. The predicted molar refractivity (Wildman–Crippen MR) is 71.7 cm³/mol. The summed E-state index contributed by atoms with van der Waals surface area (Å²) in [6.45, 7) is 0. The van der Waals surface area contributed by atoms with E-state index in [0.717, 1.165) is 12.8 Å². The van der Waals surface area contributed by atoms with E-state index in [-0.39, 0.29) is 5.84 Å². The Hall–Kier alpha value is -2.11. The number of nitrogens with one attached hydrogen (secondary N) is 3. The summed E-state index contributed by atoms with van der Waals surface area (Å²) >= 11 is 0. The molecule has 2 amide bonds. The highest BCUT2D eigenvalue weighted by atomic mass is 19.1. The lowest BCUT2D eigenvalue weighted by atomic mass is 9.96. The maximum absolute atomic E-state index is 13.0. The van der Waals surface area contributed by atoms with Gasteiger partial charge in [-0.2, -0.15) is 0 Å². The smallest absolute Gasteiger partial charge is 0.320 e. The summed E-state index contributed by atoms with van der Waals surface area (Å²) in [4.78, 5) is 11.9. The third kappa shape index (κ3) is 3.01. The molecule has 5 N–H and O–H groups in total. The second-order valence-corrected chi connectivity index (χ2v) is 4.79. The van der Waals surface area contributed by atoms with Gasteiger partial charge in [-0.05, 0) is 31.0 Å². The highest BCUT2D eigenvalue weighted by molar-refractivity contribution is 5.96. The fraction of sp³-hybridized carbons (Fsp3) is 0.385. The van der Waals surface area contributed by atoms with Crippen LogP contribution in [0.25, 0.3) is 0 Å². The minimum atomic E-state index is -0.753. The van der Waals surface area contributed by atoms with Gasteiger partial charge in [0.1, 0.15) is 11.7 Å². The Bertz CT molecular complexity index is 497. The fourth-order valence-electron chi connectivity index (χ4n) is 2.39. The molecule has 1 fully saturated rings. The van der Waals surface area contributed by atoms with Crippen LogP contribution in [0.2, 0.25) is 0 Å². The number of rotatable bonds is 3. The number of hydrogen-bond acceptors (Lipinski definition) is 2. The number of hydrogen-bond donors (Lipinski definition) is 4. The Balaban J connectivity index is 2.02. The molecule has 6 heteroatoms. The molecule has 1 saturated carbocycles. The second-order valence-electron chi connectivity index (χ2n) is 4.79. The maximum atomic E-state index is 13.0. The Labute approximate surface area is 110 Å². The van der Waals surface area contributed by atoms with Crippen LogP contribution >= 0.6 is 0 Å². The number of benzene rings is 1. The van der Waals surface area contributed by atoms with Crippen LogP contribution in [-0.4, -0.2) is 17.4 Å². The number of anilines is 1. The Morgan fingerprint density at radius 3 is 2.63 bits per heavy atom. The molecule has 5 nitrogen and oxygen atoms in total.